The number of carbonyl (C=O) groups excluding carboxylic acids is 3. The van der Waals surface area contributed by atoms with Crippen molar-refractivity contribution in [1.82, 2.24) is 31.1 Å². The molecule has 0 saturated heterocycles. The molecule has 0 bridgehead atoms. The van der Waals surface area contributed by atoms with Gasteiger partial charge in [-0.3, -0.25) is 19.5 Å². The highest BCUT2D eigenvalue weighted by Crippen LogP contribution is 2.41. The first-order valence-electron chi connectivity index (χ1n) is 20.2. The highest BCUT2D eigenvalue weighted by atomic mass is 19.3. The fraction of sp³-hybridized carbons (Fsp3) is 0.442. The molecule has 18 heteroatoms. The van der Waals surface area contributed by atoms with Crippen molar-refractivity contribution in [2.45, 2.75) is 94.7 Å². The van der Waals surface area contributed by atoms with Crippen LogP contribution >= 0.6 is 0 Å². The van der Waals surface area contributed by atoms with E-state index in [0.29, 0.717) is 50.6 Å². The molecule has 1 aromatic heterocycles. The van der Waals surface area contributed by atoms with Crippen LogP contribution in [0.2, 0.25) is 0 Å². The number of hydrogen-bond acceptors (Lipinski definition) is 8. The summed E-state index contributed by atoms with van der Waals surface area (Å²) in [4.78, 5) is 54.9. The van der Waals surface area contributed by atoms with Gasteiger partial charge in [-0.2, -0.15) is 22.7 Å². The molecule has 0 unspecified atom stereocenters. The van der Waals surface area contributed by atoms with E-state index in [9.17, 15) is 41.8 Å². The van der Waals surface area contributed by atoms with Gasteiger partial charge < -0.3 is 36.6 Å². The van der Waals surface area contributed by atoms with Crippen LogP contribution in [-0.2, 0) is 21.9 Å². The lowest BCUT2D eigenvalue weighted by Crippen LogP contribution is -2.48. The zero-order valence-corrected chi connectivity index (χ0v) is 33.4. The summed E-state index contributed by atoms with van der Waals surface area (Å²) in [7, 11) is 0. The summed E-state index contributed by atoms with van der Waals surface area (Å²) in [6.07, 6.45) is 3.75. The lowest BCUT2D eigenvalue weighted by Gasteiger charge is -2.29. The van der Waals surface area contributed by atoms with Gasteiger partial charge in [0.15, 0.2) is 5.82 Å². The minimum atomic E-state index is -4.84. The molecular weight excluding hydrogens is 803 g/mol. The molecule has 14 nitrogen and oxygen atoms in total. The lowest BCUT2D eigenvalue weighted by atomic mass is 9.81. The number of alkyl halides is 4. The standard InChI is InChI=1S/C43H49F4N7O7/c1-24-20-30(38(58)49-32-15-17-33(56)18-16-32)12-19-34(24)27-6-2-25(3-7-27)21-35(51-37(57)29-8-4-26(5-9-29)22-48-41(60)61)39(59)50-31-13-10-28(11-14-31)36-52-40(54-53-36)43(46,47)42(44,45)23-55/h2-3,6-7,10-14,19-20,26,29,32-33,35,48,55-56H,4-5,8-9,15-18,21-23H2,1H3,(H,49,58)(H,50,59)(H,51,57)(H,60,61)(H,52,53,54)/t26-,29-,32-,33-,35-/m0/s1. The molecule has 326 valence electrons. The monoisotopic (exact) mass is 851 g/mol. The number of aryl methyl sites for hydroxylation is 1. The van der Waals surface area contributed by atoms with E-state index in [1.807, 2.05) is 43.3 Å². The number of anilines is 1. The third kappa shape index (κ3) is 11.1. The lowest BCUT2D eigenvalue weighted by molar-refractivity contribution is -0.236. The Kier molecular flexibility index (Phi) is 14.1. The van der Waals surface area contributed by atoms with Gasteiger partial charge in [-0.05, 0) is 123 Å². The summed E-state index contributed by atoms with van der Waals surface area (Å²) in [6, 6.07) is 17.6. The third-order valence-corrected chi connectivity index (χ3v) is 11.5. The predicted molar refractivity (Wildman–Crippen MR) is 216 cm³/mol. The van der Waals surface area contributed by atoms with Gasteiger partial charge in [0.05, 0.1) is 6.10 Å². The van der Waals surface area contributed by atoms with Gasteiger partial charge in [0.2, 0.25) is 17.6 Å². The normalized spacial score (nSPS) is 20.0. The highest BCUT2D eigenvalue weighted by Gasteiger charge is 2.60. The third-order valence-electron chi connectivity index (χ3n) is 11.5. The first-order chi connectivity index (χ1) is 29.0. The molecule has 3 aromatic carbocycles. The second kappa shape index (κ2) is 19.2. The summed E-state index contributed by atoms with van der Waals surface area (Å²) in [6.45, 7) is 0.0975. The van der Waals surface area contributed by atoms with Gasteiger partial charge in [-0.15, -0.1) is 0 Å². The van der Waals surface area contributed by atoms with Crippen LogP contribution in [0.15, 0.2) is 66.7 Å². The van der Waals surface area contributed by atoms with Gasteiger partial charge in [-0.1, -0.05) is 30.3 Å². The molecule has 4 amide bonds. The van der Waals surface area contributed by atoms with Crippen molar-refractivity contribution in [1.29, 1.82) is 0 Å². The van der Waals surface area contributed by atoms with Crippen molar-refractivity contribution in [3.05, 3.63) is 89.2 Å². The largest absolute Gasteiger partial charge is 0.465 e. The van der Waals surface area contributed by atoms with Crippen LogP contribution in [0.25, 0.3) is 22.5 Å². The van der Waals surface area contributed by atoms with Crippen LogP contribution in [0.4, 0.5) is 28.0 Å². The van der Waals surface area contributed by atoms with E-state index in [1.54, 1.807) is 6.07 Å². The number of aromatic amines is 1. The molecule has 0 aliphatic heterocycles. The average Bonchev–Trinajstić information content (AvgIpc) is 3.76. The zero-order valence-electron chi connectivity index (χ0n) is 33.4. The number of carbonyl (C=O) groups is 4. The van der Waals surface area contributed by atoms with Gasteiger partial charge in [0.1, 0.15) is 12.6 Å². The predicted octanol–water partition coefficient (Wildman–Crippen LogP) is 5.94. The molecule has 0 spiro atoms. The van der Waals surface area contributed by atoms with Crippen LogP contribution in [0.3, 0.4) is 0 Å². The van der Waals surface area contributed by atoms with Crippen LogP contribution < -0.4 is 21.3 Å². The van der Waals surface area contributed by atoms with Crippen LogP contribution in [-0.4, -0.2) is 91.6 Å². The summed E-state index contributed by atoms with van der Waals surface area (Å²) < 4.78 is 55.8. The van der Waals surface area contributed by atoms with Crippen LogP contribution in [0.5, 0.6) is 0 Å². The maximum absolute atomic E-state index is 14.2. The number of carboxylic acid groups (broad SMARTS) is 1. The summed E-state index contributed by atoms with van der Waals surface area (Å²) in [5.74, 6) is -12.7. The maximum atomic E-state index is 14.2. The highest BCUT2D eigenvalue weighted by molar-refractivity contribution is 5.98. The number of aromatic nitrogens is 3. The topological polar surface area (TPSA) is 219 Å². The van der Waals surface area contributed by atoms with Gasteiger partial charge in [0, 0.05) is 41.7 Å². The van der Waals surface area contributed by atoms with E-state index in [1.165, 1.54) is 24.3 Å². The Balaban J connectivity index is 1.14. The molecule has 1 heterocycles. The minimum Gasteiger partial charge on any atom is -0.465 e. The Morgan fingerprint density at radius 3 is 2.15 bits per heavy atom. The molecule has 2 saturated carbocycles. The first-order valence-corrected chi connectivity index (χ1v) is 20.2. The molecule has 1 atom stereocenters. The number of hydrogen-bond donors (Lipinski definition) is 8. The summed E-state index contributed by atoms with van der Waals surface area (Å²) >= 11 is 0. The Morgan fingerprint density at radius 1 is 0.869 bits per heavy atom. The molecule has 8 N–H and O–H groups in total. The molecular formula is C43H49F4N7O7. The van der Waals surface area contributed by atoms with E-state index in [-0.39, 0.29) is 53.4 Å². The molecule has 61 heavy (non-hydrogen) atoms. The summed E-state index contributed by atoms with van der Waals surface area (Å²) in [5, 5.41) is 44.0. The van der Waals surface area contributed by atoms with Gasteiger partial charge in [0.25, 0.3) is 5.91 Å². The quantitative estimate of drug-likeness (QED) is 0.0663. The van der Waals surface area contributed by atoms with E-state index in [4.69, 9.17) is 10.2 Å². The van der Waals surface area contributed by atoms with Crippen LogP contribution in [0, 0.1) is 18.8 Å². The van der Waals surface area contributed by atoms with Crippen molar-refractivity contribution < 1.29 is 52.1 Å². The van der Waals surface area contributed by atoms with E-state index in [0.717, 1.165) is 35.1 Å². The number of aliphatic hydroxyl groups is 2. The fourth-order valence-electron chi connectivity index (χ4n) is 7.77. The number of halogens is 4. The van der Waals surface area contributed by atoms with Crippen molar-refractivity contribution in [3.8, 4) is 22.5 Å². The maximum Gasteiger partial charge on any atom is 0.404 e. The number of nitrogens with one attached hydrogen (secondary N) is 5. The van der Waals surface area contributed by atoms with E-state index >= 15 is 0 Å². The fourth-order valence-corrected chi connectivity index (χ4v) is 7.77. The van der Waals surface area contributed by atoms with Crippen LogP contribution in [0.1, 0.15) is 78.7 Å². The number of aliphatic hydroxyl groups excluding tert-OH is 2. The number of nitrogens with zero attached hydrogens (tertiary/aromatic N) is 2. The number of rotatable bonds is 15. The number of H-pyrrole nitrogens is 1. The molecule has 2 aliphatic rings. The molecule has 2 fully saturated rings. The molecule has 0 radical (unpaired) electrons. The van der Waals surface area contributed by atoms with Crippen molar-refractivity contribution in [2.24, 2.45) is 11.8 Å². The molecule has 2 aliphatic carbocycles. The second-order valence-corrected chi connectivity index (χ2v) is 15.9. The SMILES string of the molecule is Cc1cc(C(=O)N[C@H]2CC[C@H](O)CC2)ccc1-c1ccc(C[C@H](NC(=O)[C@H]2CC[C@H](CNC(=O)O)CC2)C(=O)Nc2ccc(-c3nc(C(F)(F)C(F)(F)CO)n[nH]3)cc2)cc1. The van der Waals surface area contributed by atoms with Crippen molar-refractivity contribution in [2.75, 3.05) is 18.5 Å². The Hall–Kier alpha value is -5.88. The zero-order chi connectivity index (χ0) is 43.9. The molecule has 6 rings (SSSR count). The first kappa shape index (κ1) is 44.7. The minimum absolute atomic E-state index is 0.0214. The smallest absolute Gasteiger partial charge is 0.404 e. The second-order valence-electron chi connectivity index (χ2n) is 15.9. The van der Waals surface area contributed by atoms with Crippen molar-refractivity contribution in [3.63, 3.8) is 0 Å². The Bertz CT molecular complexity index is 2170. The summed E-state index contributed by atoms with van der Waals surface area (Å²) in [5.41, 5.74) is 4.39. The van der Waals surface area contributed by atoms with E-state index < -0.39 is 48.2 Å². The van der Waals surface area contributed by atoms with Crippen molar-refractivity contribution >= 4 is 29.5 Å². The Labute approximate surface area is 348 Å². The van der Waals surface area contributed by atoms with E-state index in [2.05, 4.69) is 36.4 Å². The number of amides is 4. The number of benzene rings is 3. The molecule has 4 aromatic rings. The average molecular weight is 852 g/mol. The van der Waals surface area contributed by atoms with Gasteiger partial charge >= 0.3 is 17.9 Å². The van der Waals surface area contributed by atoms with Gasteiger partial charge in [-0.25, -0.2) is 9.78 Å². The Morgan fingerprint density at radius 2 is 1.52 bits per heavy atom.